The molecule has 1 atom stereocenters. The fraction of sp³-hybridized carbons (Fsp3) is 0.200. The average Bonchev–Trinajstić information content (AvgIpc) is 3.13. The smallest absolute Gasteiger partial charge is 0.233 e. The lowest BCUT2D eigenvalue weighted by atomic mass is 10.3. The van der Waals surface area contributed by atoms with Gasteiger partial charge in [0.1, 0.15) is 5.76 Å². The minimum Gasteiger partial charge on any atom is -0.467 e. The summed E-state index contributed by atoms with van der Waals surface area (Å²) in [4.78, 5) is 19.7. The van der Waals surface area contributed by atoms with Gasteiger partial charge in [0.25, 0.3) is 0 Å². The first kappa shape index (κ1) is 13.8. The van der Waals surface area contributed by atoms with E-state index in [0.29, 0.717) is 6.54 Å². The Balaban J connectivity index is 1.59. The van der Waals surface area contributed by atoms with Crippen molar-refractivity contribution in [3.05, 3.63) is 48.4 Å². The number of amides is 1. The molecule has 0 aliphatic rings. The molecule has 0 spiro atoms. The molecule has 0 radical (unpaired) electrons. The molecule has 0 bridgehead atoms. The summed E-state index contributed by atoms with van der Waals surface area (Å²) >= 11 is 1.41. The molecule has 0 unspecified atom stereocenters. The summed E-state index contributed by atoms with van der Waals surface area (Å²) in [7, 11) is 0. The van der Waals surface area contributed by atoms with Gasteiger partial charge in [0, 0.05) is 0 Å². The Labute approximate surface area is 126 Å². The number of rotatable bonds is 5. The van der Waals surface area contributed by atoms with E-state index in [1.54, 1.807) is 12.3 Å². The number of hydrogen-bond acceptors (Lipinski definition) is 4. The van der Waals surface area contributed by atoms with Gasteiger partial charge in [0.2, 0.25) is 5.91 Å². The number of thioether (sulfide) groups is 1. The molecule has 1 aromatic carbocycles. The predicted molar refractivity (Wildman–Crippen MR) is 82.0 cm³/mol. The molecule has 5 nitrogen and oxygen atoms in total. The van der Waals surface area contributed by atoms with Crippen LogP contribution in [0.3, 0.4) is 0 Å². The lowest BCUT2D eigenvalue weighted by Crippen LogP contribution is -2.30. The minimum absolute atomic E-state index is 0.0446. The maximum absolute atomic E-state index is 12.0. The van der Waals surface area contributed by atoms with Crippen LogP contribution in [0.1, 0.15) is 12.7 Å². The number of nitrogens with zero attached hydrogens (tertiary/aromatic N) is 1. The molecule has 0 aliphatic carbocycles. The Kier molecular flexibility index (Phi) is 3.96. The van der Waals surface area contributed by atoms with Crippen LogP contribution in [0.25, 0.3) is 11.0 Å². The topological polar surface area (TPSA) is 70.9 Å². The monoisotopic (exact) mass is 301 g/mol. The number of H-pyrrole nitrogens is 1. The number of benzene rings is 1. The van der Waals surface area contributed by atoms with Crippen LogP contribution in [-0.2, 0) is 11.3 Å². The first-order chi connectivity index (χ1) is 10.2. The van der Waals surface area contributed by atoms with E-state index in [1.807, 2.05) is 37.3 Å². The van der Waals surface area contributed by atoms with Crippen molar-refractivity contribution in [3.63, 3.8) is 0 Å². The average molecular weight is 301 g/mol. The molecule has 0 saturated heterocycles. The fourth-order valence-electron chi connectivity index (χ4n) is 1.94. The summed E-state index contributed by atoms with van der Waals surface area (Å²) < 4.78 is 5.18. The van der Waals surface area contributed by atoms with Crippen molar-refractivity contribution in [1.29, 1.82) is 0 Å². The van der Waals surface area contributed by atoms with E-state index < -0.39 is 0 Å². The van der Waals surface area contributed by atoms with Crippen LogP contribution in [0.4, 0.5) is 0 Å². The lowest BCUT2D eigenvalue weighted by molar-refractivity contribution is -0.120. The second kappa shape index (κ2) is 6.05. The van der Waals surface area contributed by atoms with E-state index in [2.05, 4.69) is 15.3 Å². The highest BCUT2D eigenvalue weighted by atomic mass is 32.2. The number of carbonyl (C=O) groups is 1. The molecule has 0 aliphatic heterocycles. The van der Waals surface area contributed by atoms with Crippen molar-refractivity contribution in [2.45, 2.75) is 23.9 Å². The molecule has 0 saturated carbocycles. The van der Waals surface area contributed by atoms with Gasteiger partial charge < -0.3 is 14.7 Å². The van der Waals surface area contributed by atoms with Gasteiger partial charge in [-0.2, -0.15) is 0 Å². The fourth-order valence-corrected chi connectivity index (χ4v) is 2.78. The Morgan fingerprint density at radius 1 is 1.38 bits per heavy atom. The SMILES string of the molecule is C[C@@H](Sc1nc2ccccc2[nH]1)C(=O)NCc1ccco1. The Hall–Kier alpha value is -2.21. The van der Waals surface area contributed by atoms with Gasteiger partial charge in [-0.15, -0.1) is 0 Å². The van der Waals surface area contributed by atoms with Gasteiger partial charge >= 0.3 is 0 Å². The third-order valence-corrected chi connectivity index (χ3v) is 4.03. The molecule has 2 heterocycles. The van der Waals surface area contributed by atoms with E-state index in [9.17, 15) is 4.79 Å². The molecule has 3 rings (SSSR count). The number of nitrogens with one attached hydrogen (secondary N) is 2. The van der Waals surface area contributed by atoms with E-state index in [-0.39, 0.29) is 11.2 Å². The second-order valence-corrected chi connectivity index (χ2v) is 5.95. The highest BCUT2D eigenvalue weighted by molar-refractivity contribution is 8.00. The number of fused-ring (bicyclic) bond motifs is 1. The number of imidazole rings is 1. The number of aromatic amines is 1. The molecule has 2 aromatic heterocycles. The molecule has 1 amide bonds. The Morgan fingerprint density at radius 3 is 3.00 bits per heavy atom. The van der Waals surface area contributed by atoms with Crippen LogP contribution >= 0.6 is 11.8 Å². The highest BCUT2D eigenvalue weighted by Gasteiger charge is 2.16. The highest BCUT2D eigenvalue weighted by Crippen LogP contribution is 2.23. The third kappa shape index (κ3) is 3.28. The molecule has 2 N–H and O–H groups in total. The molecule has 21 heavy (non-hydrogen) atoms. The second-order valence-electron chi connectivity index (χ2n) is 4.62. The molecular formula is C15H15N3O2S. The van der Waals surface area contributed by atoms with Gasteiger partial charge in [-0.3, -0.25) is 4.79 Å². The molecule has 108 valence electrons. The van der Waals surface area contributed by atoms with Crippen molar-refractivity contribution in [3.8, 4) is 0 Å². The van der Waals surface area contributed by atoms with Gasteiger partial charge in [-0.25, -0.2) is 4.98 Å². The van der Waals surface area contributed by atoms with Crippen molar-refractivity contribution < 1.29 is 9.21 Å². The lowest BCUT2D eigenvalue weighted by Gasteiger charge is -2.09. The van der Waals surface area contributed by atoms with Crippen LogP contribution in [-0.4, -0.2) is 21.1 Å². The zero-order valence-corrected chi connectivity index (χ0v) is 12.3. The van der Waals surface area contributed by atoms with Crippen LogP contribution < -0.4 is 5.32 Å². The Bertz CT molecular complexity index is 703. The van der Waals surface area contributed by atoms with Gasteiger partial charge in [0.15, 0.2) is 5.16 Å². The van der Waals surface area contributed by atoms with E-state index in [4.69, 9.17) is 4.42 Å². The predicted octanol–water partition coefficient (Wildman–Crippen LogP) is 2.95. The zero-order chi connectivity index (χ0) is 14.7. The van der Waals surface area contributed by atoms with Gasteiger partial charge in [-0.05, 0) is 31.2 Å². The number of aromatic nitrogens is 2. The van der Waals surface area contributed by atoms with Gasteiger partial charge in [-0.1, -0.05) is 23.9 Å². The maximum atomic E-state index is 12.0. The Morgan fingerprint density at radius 2 is 2.24 bits per heavy atom. The molecule has 0 fully saturated rings. The number of carbonyl (C=O) groups excluding carboxylic acids is 1. The summed E-state index contributed by atoms with van der Waals surface area (Å²) in [6.07, 6.45) is 1.59. The summed E-state index contributed by atoms with van der Waals surface area (Å²) in [5.41, 5.74) is 1.88. The minimum atomic E-state index is -0.236. The number of para-hydroxylation sites is 2. The van der Waals surface area contributed by atoms with Crippen molar-refractivity contribution in [1.82, 2.24) is 15.3 Å². The third-order valence-electron chi connectivity index (χ3n) is 3.04. The summed E-state index contributed by atoms with van der Waals surface area (Å²) in [5, 5.41) is 3.36. The van der Waals surface area contributed by atoms with Crippen LogP contribution in [0, 0.1) is 0 Å². The molecule has 3 aromatic rings. The van der Waals surface area contributed by atoms with Crippen LogP contribution in [0.5, 0.6) is 0 Å². The van der Waals surface area contributed by atoms with E-state index in [1.165, 1.54) is 11.8 Å². The van der Waals surface area contributed by atoms with Crippen molar-refractivity contribution >= 4 is 28.7 Å². The quantitative estimate of drug-likeness (QED) is 0.711. The van der Waals surface area contributed by atoms with E-state index >= 15 is 0 Å². The van der Waals surface area contributed by atoms with Crippen molar-refractivity contribution in [2.24, 2.45) is 0 Å². The van der Waals surface area contributed by atoms with Crippen LogP contribution in [0.15, 0.2) is 52.2 Å². The molecule has 6 heteroatoms. The summed E-state index contributed by atoms with van der Waals surface area (Å²) in [6, 6.07) is 11.4. The number of hydrogen-bond donors (Lipinski definition) is 2. The van der Waals surface area contributed by atoms with Gasteiger partial charge in [0.05, 0.1) is 29.1 Å². The maximum Gasteiger partial charge on any atom is 0.233 e. The first-order valence-electron chi connectivity index (χ1n) is 6.64. The largest absolute Gasteiger partial charge is 0.467 e. The zero-order valence-electron chi connectivity index (χ0n) is 11.5. The first-order valence-corrected chi connectivity index (χ1v) is 7.52. The summed E-state index contributed by atoms with van der Waals surface area (Å²) in [5.74, 6) is 0.696. The normalized spacial score (nSPS) is 12.4. The van der Waals surface area contributed by atoms with E-state index in [0.717, 1.165) is 22.0 Å². The van der Waals surface area contributed by atoms with Crippen LogP contribution in [0.2, 0.25) is 0 Å². The van der Waals surface area contributed by atoms with Crippen molar-refractivity contribution in [2.75, 3.05) is 0 Å². The summed E-state index contributed by atoms with van der Waals surface area (Å²) in [6.45, 7) is 2.26. The molecular weight excluding hydrogens is 286 g/mol. The number of furan rings is 1. The standard InChI is InChI=1S/C15H15N3O2S/c1-10(14(19)16-9-11-5-4-8-20-11)21-15-17-12-6-2-3-7-13(12)18-15/h2-8,10H,9H2,1H3,(H,16,19)(H,17,18)/t10-/m1/s1.